The normalized spacial score (nSPS) is 9.33. The van der Waals surface area contributed by atoms with Gasteiger partial charge in [0.25, 0.3) is 0 Å². The number of aliphatic hydroxyl groups excluding tert-OH is 1. The Morgan fingerprint density at radius 3 is 1.83 bits per heavy atom. The van der Waals surface area contributed by atoms with Crippen LogP contribution in [0.5, 0.6) is 5.75 Å². The minimum atomic E-state index is -4.67. The summed E-state index contributed by atoms with van der Waals surface area (Å²) in [6.07, 6.45) is 2.70. The lowest BCUT2D eigenvalue weighted by Crippen LogP contribution is -1.89. The van der Waals surface area contributed by atoms with E-state index in [-0.39, 0.29) is 6.61 Å². The van der Waals surface area contributed by atoms with Crippen LogP contribution in [-0.2, 0) is 16.8 Å². The summed E-state index contributed by atoms with van der Waals surface area (Å²) in [5.41, 5.74) is 1.17. The third-order valence-corrected chi connectivity index (χ3v) is 1.32. The van der Waals surface area contributed by atoms with E-state index < -0.39 is 10.4 Å². The number of aromatic hydroxyl groups is 1. The van der Waals surface area contributed by atoms with Crippen LogP contribution in [0.15, 0.2) is 36.9 Å². The molecule has 0 aromatic heterocycles. The number of rotatable bonds is 2. The van der Waals surface area contributed by atoms with Gasteiger partial charge in [-0.3, -0.25) is 9.11 Å². The van der Waals surface area contributed by atoms with Gasteiger partial charge in [-0.05, 0) is 31.0 Å². The van der Waals surface area contributed by atoms with Gasteiger partial charge in [0.05, 0.1) is 0 Å². The van der Waals surface area contributed by atoms with Crippen molar-refractivity contribution in [2.75, 3.05) is 6.61 Å². The zero-order valence-electron chi connectivity index (χ0n) is 10.0. The average molecular weight is 278 g/mol. The van der Waals surface area contributed by atoms with E-state index >= 15 is 0 Å². The van der Waals surface area contributed by atoms with E-state index in [1.54, 1.807) is 19.1 Å². The van der Waals surface area contributed by atoms with Crippen LogP contribution in [0.25, 0.3) is 0 Å². The molecule has 0 saturated heterocycles. The zero-order valence-corrected chi connectivity index (χ0v) is 10.8. The molecule has 0 radical (unpaired) electrons. The third-order valence-electron chi connectivity index (χ3n) is 1.32. The summed E-state index contributed by atoms with van der Waals surface area (Å²) in [6.45, 7) is 5.55. The number of aliphatic hydroxyl groups is 1. The molecule has 0 heterocycles. The molecule has 0 saturated carbocycles. The summed E-state index contributed by atoms with van der Waals surface area (Å²) in [4.78, 5) is 0. The van der Waals surface area contributed by atoms with Crippen LogP contribution in [-0.4, -0.2) is 34.3 Å². The first kappa shape index (κ1) is 18.9. The van der Waals surface area contributed by atoms with Gasteiger partial charge >= 0.3 is 10.4 Å². The van der Waals surface area contributed by atoms with Crippen LogP contribution in [0.1, 0.15) is 12.5 Å². The summed E-state index contributed by atoms with van der Waals surface area (Å²) in [7, 11) is -4.67. The molecule has 1 rings (SSSR count). The highest BCUT2D eigenvalue weighted by Crippen LogP contribution is 2.09. The van der Waals surface area contributed by atoms with Crippen LogP contribution < -0.4 is 0 Å². The first-order valence-corrected chi connectivity index (χ1v) is 6.33. The van der Waals surface area contributed by atoms with Gasteiger partial charge in [0.1, 0.15) is 5.75 Å². The summed E-state index contributed by atoms with van der Waals surface area (Å²) in [6, 6.07) is 7.13. The predicted octanol–water partition coefficient (Wildman–Crippen LogP) is 1.47. The quantitative estimate of drug-likeness (QED) is 0.481. The second kappa shape index (κ2) is 10.7. The Kier molecular flexibility index (Phi) is 11.3. The molecule has 0 unspecified atom stereocenters. The van der Waals surface area contributed by atoms with Crippen molar-refractivity contribution >= 4 is 10.4 Å². The van der Waals surface area contributed by atoms with E-state index in [0.717, 1.165) is 6.42 Å². The number of allylic oxidation sites excluding steroid dienone is 1. The highest BCUT2D eigenvalue weighted by Gasteiger charge is 1.88. The van der Waals surface area contributed by atoms with E-state index in [0.29, 0.717) is 5.75 Å². The van der Waals surface area contributed by atoms with Gasteiger partial charge < -0.3 is 10.2 Å². The Bertz CT molecular complexity index is 402. The summed E-state index contributed by atoms with van der Waals surface area (Å²) in [5.74, 6) is 0.313. The highest BCUT2D eigenvalue weighted by atomic mass is 32.3. The van der Waals surface area contributed by atoms with Gasteiger partial charge in [-0.25, -0.2) is 0 Å². The standard InChI is InChI=1S/C9H10O.C2H6O.H2O4S/c1-2-3-8-4-6-9(10)7-5-8;1-2-3;1-5(2,3)4/h2,4-7,10H,1,3H2;3H,2H2,1H3;(H2,1,2,3,4). The molecule has 1 aromatic rings. The summed E-state index contributed by atoms with van der Waals surface area (Å²) >= 11 is 0. The minimum absolute atomic E-state index is 0.250. The molecule has 0 bridgehead atoms. The lowest BCUT2D eigenvalue weighted by atomic mass is 10.1. The minimum Gasteiger partial charge on any atom is -0.508 e. The summed E-state index contributed by atoms with van der Waals surface area (Å²) < 4.78 is 31.6. The van der Waals surface area contributed by atoms with Crippen molar-refractivity contribution in [2.24, 2.45) is 0 Å². The van der Waals surface area contributed by atoms with Crippen LogP contribution >= 0.6 is 0 Å². The van der Waals surface area contributed by atoms with Gasteiger partial charge in [0.2, 0.25) is 0 Å². The molecule has 0 atom stereocenters. The number of hydrogen-bond acceptors (Lipinski definition) is 4. The number of phenolic OH excluding ortho intramolecular Hbond substituents is 1. The number of phenols is 1. The Balaban J connectivity index is 0. The molecule has 0 fully saturated rings. The van der Waals surface area contributed by atoms with E-state index in [9.17, 15) is 0 Å². The number of hydrogen-bond donors (Lipinski definition) is 4. The van der Waals surface area contributed by atoms with E-state index in [2.05, 4.69) is 6.58 Å². The summed E-state index contributed by atoms with van der Waals surface area (Å²) in [5, 5.41) is 16.5. The molecule has 1 aromatic carbocycles. The Morgan fingerprint density at radius 1 is 1.22 bits per heavy atom. The van der Waals surface area contributed by atoms with Crippen LogP contribution in [0.4, 0.5) is 0 Å². The molecule has 0 aliphatic rings. The van der Waals surface area contributed by atoms with Gasteiger partial charge in [-0.1, -0.05) is 18.2 Å². The van der Waals surface area contributed by atoms with Crippen molar-refractivity contribution in [2.45, 2.75) is 13.3 Å². The molecule has 0 amide bonds. The first-order chi connectivity index (χ1) is 8.24. The van der Waals surface area contributed by atoms with Crippen molar-refractivity contribution in [1.29, 1.82) is 0 Å². The molecular formula is C11H18O6S. The molecular weight excluding hydrogens is 260 g/mol. The maximum absolute atomic E-state index is 8.90. The Labute approximate surface area is 107 Å². The molecule has 6 nitrogen and oxygen atoms in total. The van der Waals surface area contributed by atoms with Gasteiger partial charge in [-0.2, -0.15) is 8.42 Å². The fourth-order valence-corrected chi connectivity index (χ4v) is 0.799. The predicted molar refractivity (Wildman–Crippen MR) is 68.9 cm³/mol. The van der Waals surface area contributed by atoms with E-state index in [4.69, 9.17) is 27.7 Å². The fraction of sp³-hybridized carbons (Fsp3) is 0.273. The van der Waals surface area contributed by atoms with Gasteiger partial charge in [0.15, 0.2) is 0 Å². The van der Waals surface area contributed by atoms with Crippen LogP contribution in [0.3, 0.4) is 0 Å². The first-order valence-electron chi connectivity index (χ1n) is 4.94. The topological polar surface area (TPSA) is 115 Å². The monoisotopic (exact) mass is 278 g/mol. The second-order valence-electron chi connectivity index (χ2n) is 2.92. The van der Waals surface area contributed by atoms with Crippen molar-refractivity contribution < 1.29 is 27.7 Å². The third kappa shape index (κ3) is 20.1. The second-order valence-corrected chi connectivity index (χ2v) is 3.82. The zero-order chi connectivity index (χ0) is 14.6. The Hall–Kier alpha value is -1.41. The molecule has 18 heavy (non-hydrogen) atoms. The highest BCUT2D eigenvalue weighted by molar-refractivity contribution is 7.79. The lowest BCUT2D eigenvalue weighted by molar-refractivity contribution is 0.318. The molecule has 0 aliphatic carbocycles. The smallest absolute Gasteiger partial charge is 0.394 e. The lowest BCUT2D eigenvalue weighted by Gasteiger charge is -1.94. The van der Waals surface area contributed by atoms with Crippen molar-refractivity contribution in [3.8, 4) is 5.75 Å². The average Bonchev–Trinajstić information content (AvgIpc) is 2.20. The van der Waals surface area contributed by atoms with E-state index in [1.165, 1.54) is 5.56 Å². The maximum atomic E-state index is 8.90. The molecule has 104 valence electrons. The van der Waals surface area contributed by atoms with Gasteiger partial charge in [-0.15, -0.1) is 6.58 Å². The van der Waals surface area contributed by atoms with E-state index in [1.807, 2.05) is 18.2 Å². The SMILES string of the molecule is C=CCc1ccc(O)cc1.CCO.O=S(=O)(O)O. The van der Waals surface area contributed by atoms with Crippen molar-refractivity contribution in [3.05, 3.63) is 42.5 Å². The van der Waals surface area contributed by atoms with Crippen LogP contribution in [0, 0.1) is 0 Å². The molecule has 7 heteroatoms. The maximum Gasteiger partial charge on any atom is 0.394 e. The number of benzene rings is 1. The van der Waals surface area contributed by atoms with Crippen molar-refractivity contribution in [3.63, 3.8) is 0 Å². The van der Waals surface area contributed by atoms with Gasteiger partial charge in [0, 0.05) is 6.61 Å². The fourth-order valence-electron chi connectivity index (χ4n) is 0.799. The largest absolute Gasteiger partial charge is 0.508 e. The molecule has 4 N–H and O–H groups in total. The Morgan fingerprint density at radius 2 is 1.56 bits per heavy atom. The van der Waals surface area contributed by atoms with Crippen LogP contribution in [0.2, 0.25) is 0 Å². The van der Waals surface area contributed by atoms with Crippen molar-refractivity contribution in [1.82, 2.24) is 0 Å². The molecule has 0 spiro atoms. The molecule has 0 aliphatic heterocycles.